The predicted octanol–water partition coefficient (Wildman–Crippen LogP) is 2.46. The van der Waals surface area contributed by atoms with Gasteiger partial charge < -0.3 is 15.2 Å². The lowest BCUT2D eigenvalue weighted by Gasteiger charge is -2.27. The van der Waals surface area contributed by atoms with Crippen LogP contribution in [0.4, 0.5) is 4.39 Å². The largest absolute Gasteiger partial charge is 0.496 e. The van der Waals surface area contributed by atoms with Crippen LogP contribution >= 0.6 is 0 Å². The fourth-order valence-electron chi connectivity index (χ4n) is 2.11. The van der Waals surface area contributed by atoms with Gasteiger partial charge in [0, 0.05) is 6.54 Å². The van der Waals surface area contributed by atoms with Crippen molar-refractivity contribution in [3.05, 3.63) is 29.6 Å². The van der Waals surface area contributed by atoms with Crippen molar-refractivity contribution in [2.24, 2.45) is 5.41 Å². The monoisotopic (exact) mass is 297 g/mol. The number of ether oxygens (including phenoxy) is 1. The Kier molecular flexibility index (Phi) is 5.69. The molecule has 0 unspecified atom stereocenters. The fraction of sp³-hybridized carbons (Fsp3) is 0.467. The maximum atomic E-state index is 13.8. The van der Waals surface area contributed by atoms with Gasteiger partial charge in [-0.1, -0.05) is 19.9 Å². The maximum Gasteiger partial charge on any atom is 0.311 e. The van der Waals surface area contributed by atoms with Gasteiger partial charge in [0.2, 0.25) is 0 Å². The minimum atomic E-state index is -1.05. The number of benzene rings is 1. The van der Waals surface area contributed by atoms with Gasteiger partial charge >= 0.3 is 5.97 Å². The standard InChI is InChI=1S/C15H20FNO4/c1-4-15(5-2,14(19)20)9-17-13(18)12-10(16)7-6-8-11(12)21-3/h6-8H,4-5,9H2,1-3H3,(H,17,18)(H,19,20). The van der Waals surface area contributed by atoms with Gasteiger partial charge in [-0.15, -0.1) is 0 Å². The second kappa shape index (κ2) is 7.06. The molecule has 0 heterocycles. The highest BCUT2D eigenvalue weighted by Crippen LogP contribution is 2.26. The van der Waals surface area contributed by atoms with Crippen molar-refractivity contribution in [2.75, 3.05) is 13.7 Å². The average Bonchev–Trinajstić information content (AvgIpc) is 2.47. The van der Waals surface area contributed by atoms with E-state index in [1.807, 2.05) is 0 Å². The van der Waals surface area contributed by atoms with Gasteiger partial charge in [-0.05, 0) is 25.0 Å². The summed E-state index contributed by atoms with van der Waals surface area (Å²) < 4.78 is 18.7. The van der Waals surface area contributed by atoms with E-state index in [0.29, 0.717) is 12.8 Å². The molecule has 21 heavy (non-hydrogen) atoms. The predicted molar refractivity (Wildman–Crippen MR) is 75.9 cm³/mol. The summed E-state index contributed by atoms with van der Waals surface area (Å²) in [5, 5.41) is 11.8. The second-order valence-electron chi connectivity index (χ2n) is 4.79. The molecule has 0 aliphatic carbocycles. The van der Waals surface area contributed by atoms with E-state index < -0.39 is 23.1 Å². The number of carbonyl (C=O) groups is 2. The van der Waals surface area contributed by atoms with Gasteiger partial charge in [0.1, 0.15) is 17.1 Å². The number of carbonyl (C=O) groups excluding carboxylic acids is 1. The number of amides is 1. The number of hydrogen-bond acceptors (Lipinski definition) is 3. The van der Waals surface area contributed by atoms with Crippen LogP contribution in [-0.4, -0.2) is 30.6 Å². The molecule has 1 aromatic rings. The molecule has 6 heteroatoms. The van der Waals surface area contributed by atoms with Crippen LogP contribution in [0, 0.1) is 11.2 Å². The summed E-state index contributed by atoms with van der Waals surface area (Å²) in [4.78, 5) is 23.5. The summed E-state index contributed by atoms with van der Waals surface area (Å²) in [6.45, 7) is 3.42. The summed E-state index contributed by atoms with van der Waals surface area (Å²) in [5.41, 5.74) is -1.26. The molecule has 0 atom stereocenters. The molecule has 1 aromatic carbocycles. The molecule has 0 fully saturated rings. The number of aliphatic carboxylic acids is 1. The Morgan fingerprint density at radius 3 is 2.43 bits per heavy atom. The van der Waals surface area contributed by atoms with E-state index in [2.05, 4.69) is 5.32 Å². The number of nitrogens with one attached hydrogen (secondary N) is 1. The van der Waals surface area contributed by atoms with Gasteiger partial charge in [-0.2, -0.15) is 0 Å². The zero-order valence-electron chi connectivity index (χ0n) is 12.4. The van der Waals surface area contributed by atoms with Crippen molar-refractivity contribution in [3.63, 3.8) is 0 Å². The van der Waals surface area contributed by atoms with Crippen LogP contribution in [0.2, 0.25) is 0 Å². The number of rotatable bonds is 7. The topological polar surface area (TPSA) is 75.6 Å². The Morgan fingerprint density at radius 2 is 1.95 bits per heavy atom. The molecule has 0 saturated carbocycles. The molecule has 0 saturated heterocycles. The molecule has 0 bridgehead atoms. The van der Waals surface area contributed by atoms with E-state index in [9.17, 15) is 19.1 Å². The number of carboxylic acid groups (broad SMARTS) is 1. The van der Waals surface area contributed by atoms with Gasteiger partial charge in [-0.25, -0.2) is 4.39 Å². The highest BCUT2D eigenvalue weighted by Gasteiger charge is 2.35. The zero-order valence-corrected chi connectivity index (χ0v) is 12.4. The Bertz CT molecular complexity index is 526. The van der Waals surface area contributed by atoms with Crippen LogP contribution in [0.1, 0.15) is 37.0 Å². The van der Waals surface area contributed by atoms with Gasteiger partial charge in [-0.3, -0.25) is 9.59 Å². The third-order valence-electron chi connectivity index (χ3n) is 3.82. The number of hydrogen-bond donors (Lipinski definition) is 2. The minimum Gasteiger partial charge on any atom is -0.496 e. The maximum absolute atomic E-state index is 13.8. The van der Waals surface area contributed by atoms with Gasteiger partial charge in [0.15, 0.2) is 0 Å². The third kappa shape index (κ3) is 3.51. The van der Waals surface area contributed by atoms with E-state index in [-0.39, 0.29) is 17.9 Å². The quantitative estimate of drug-likeness (QED) is 0.810. The second-order valence-corrected chi connectivity index (χ2v) is 4.79. The summed E-state index contributed by atoms with van der Waals surface area (Å²) >= 11 is 0. The molecule has 0 spiro atoms. The normalized spacial score (nSPS) is 11.0. The Hall–Kier alpha value is -2.11. The first-order chi connectivity index (χ1) is 9.91. The fourth-order valence-corrected chi connectivity index (χ4v) is 2.11. The van der Waals surface area contributed by atoms with Crippen molar-refractivity contribution < 1.29 is 23.8 Å². The zero-order chi connectivity index (χ0) is 16.0. The molecular formula is C15H20FNO4. The highest BCUT2D eigenvalue weighted by atomic mass is 19.1. The van der Waals surface area contributed by atoms with E-state index in [0.717, 1.165) is 6.07 Å². The molecule has 0 aliphatic rings. The Balaban J connectivity index is 2.95. The van der Waals surface area contributed by atoms with Crippen molar-refractivity contribution in [3.8, 4) is 5.75 Å². The number of halogens is 1. The summed E-state index contributed by atoms with van der Waals surface area (Å²) in [6, 6.07) is 4.06. The van der Waals surface area contributed by atoms with Crippen LogP contribution in [-0.2, 0) is 4.79 Å². The molecule has 2 N–H and O–H groups in total. The number of methoxy groups -OCH3 is 1. The third-order valence-corrected chi connectivity index (χ3v) is 3.82. The van der Waals surface area contributed by atoms with Gasteiger partial charge in [0.05, 0.1) is 12.5 Å². The van der Waals surface area contributed by atoms with Crippen molar-refractivity contribution in [1.29, 1.82) is 0 Å². The van der Waals surface area contributed by atoms with E-state index in [1.54, 1.807) is 13.8 Å². The molecular weight excluding hydrogens is 277 g/mol. The summed E-state index contributed by atoms with van der Waals surface area (Å²) in [6.07, 6.45) is 0.737. The smallest absolute Gasteiger partial charge is 0.311 e. The molecule has 0 aliphatic heterocycles. The van der Waals surface area contributed by atoms with E-state index >= 15 is 0 Å². The lowest BCUT2D eigenvalue weighted by Crippen LogP contribution is -2.42. The molecule has 5 nitrogen and oxygen atoms in total. The van der Waals surface area contributed by atoms with Crippen LogP contribution in [0.3, 0.4) is 0 Å². The summed E-state index contributed by atoms with van der Waals surface area (Å²) in [7, 11) is 1.34. The van der Waals surface area contributed by atoms with Crippen molar-refractivity contribution in [2.45, 2.75) is 26.7 Å². The number of carboxylic acids is 1. The minimum absolute atomic E-state index is 0.0638. The Labute approximate surface area is 123 Å². The summed E-state index contributed by atoms with van der Waals surface area (Å²) in [5.74, 6) is -2.26. The van der Waals surface area contributed by atoms with Gasteiger partial charge in [0.25, 0.3) is 5.91 Å². The van der Waals surface area contributed by atoms with Crippen LogP contribution in [0.5, 0.6) is 5.75 Å². The van der Waals surface area contributed by atoms with Crippen LogP contribution in [0.25, 0.3) is 0 Å². The highest BCUT2D eigenvalue weighted by molar-refractivity contribution is 5.97. The Morgan fingerprint density at radius 1 is 1.33 bits per heavy atom. The van der Waals surface area contributed by atoms with E-state index in [1.165, 1.54) is 19.2 Å². The van der Waals surface area contributed by atoms with E-state index in [4.69, 9.17) is 4.74 Å². The molecule has 0 aromatic heterocycles. The first kappa shape index (κ1) is 16.9. The average molecular weight is 297 g/mol. The van der Waals surface area contributed by atoms with Crippen LogP contribution in [0.15, 0.2) is 18.2 Å². The lowest BCUT2D eigenvalue weighted by molar-refractivity contribution is -0.149. The SMILES string of the molecule is CCC(CC)(CNC(=O)c1c(F)cccc1OC)C(=O)O. The molecule has 116 valence electrons. The lowest BCUT2D eigenvalue weighted by atomic mass is 9.82. The van der Waals surface area contributed by atoms with Crippen molar-refractivity contribution in [1.82, 2.24) is 5.32 Å². The van der Waals surface area contributed by atoms with Crippen LogP contribution < -0.4 is 10.1 Å². The molecule has 0 radical (unpaired) electrons. The first-order valence-corrected chi connectivity index (χ1v) is 6.76. The van der Waals surface area contributed by atoms with Crippen molar-refractivity contribution >= 4 is 11.9 Å². The molecule has 1 rings (SSSR count). The molecule has 1 amide bonds. The first-order valence-electron chi connectivity index (χ1n) is 6.76.